The Morgan fingerprint density at radius 2 is 1.76 bits per heavy atom. The molecule has 0 saturated carbocycles. The third-order valence-electron chi connectivity index (χ3n) is 5.33. The number of nitrogens with one attached hydrogen (secondary N) is 2. The largest absolute Gasteiger partial charge is 0.497 e. The number of amidine groups is 1. The molecule has 2 N–H and O–H groups in total. The molecule has 150 valence electrons. The van der Waals surface area contributed by atoms with Crippen molar-refractivity contribution in [3.05, 3.63) is 48.3 Å². The summed E-state index contributed by atoms with van der Waals surface area (Å²) in [6.45, 7) is 1.65. The zero-order chi connectivity index (χ0) is 20.8. The van der Waals surface area contributed by atoms with Crippen LogP contribution < -0.4 is 14.4 Å². The summed E-state index contributed by atoms with van der Waals surface area (Å²) < 4.78 is 16.3. The van der Waals surface area contributed by atoms with E-state index in [0.29, 0.717) is 23.0 Å². The standard InChI is InChI=1S/C21H22N4O4/c1-21(29-4)18(26)17(20-23-15-7-5-6-8-16(15)24-20)19(22)25(21)12-9-13(27-2)11-14(10-12)28-3/h5-11,17,22H,1-4H3,(H,23,24). The Balaban J connectivity index is 1.84. The molecule has 0 bridgehead atoms. The molecular formula is C21H22N4O4. The molecule has 8 heteroatoms. The van der Waals surface area contributed by atoms with Crippen LogP contribution in [-0.2, 0) is 9.53 Å². The van der Waals surface area contributed by atoms with Crippen LogP contribution in [0.5, 0.6) is 11.5 Å². The maximum Gasteiger partial charge on any atom is 0.204 e. The van der Waals surface area contributed by atoms with Gasteiger partial charge in [-0.15, -0.1) is 0 Å². The zero-order valence-electron chi connectivity index (χ0n) is 16.6. The van der Waals surface area contributed by atoms with Gasteiger partial charge in [0.15, 0.2) is 0 Å². The van der Waals surface area contributed by atoms with Crippen molar-refractivity contribution in [2.75, 3.05) is 26.2 Å². The fourth-order valence-electron chi connectivity index (χ4n) is 3.72. The highest BCUT2D eigenvalue weighted by atomic mass is 16.5. The van der Waals surface area contributed by atoms with Crippen molar-refractivity contribution in [2.45, 2.75) is 18.6 Å². The van der Waals surface area contributed by atoms with E-state index in [4.69, 9.17) is 19.6 Å². The Morgan fingerprint density at radius 3 is 2.34 bits per heavy atom. The van der Waals surface area contributed by atoms with E-state index < -0.39 is 11.6 Å². The second kappa shape index (κ2) is 6.89. The lowest BCUT2D eigenvalue weighted by Crippen LogP contribution is -2.49. The molecule has 8 nitrogen and oxygen atoms in total. The minimum atomic E-state index is -1.38. The van der Waals surface area contributed by atoms with Crippen LogP contribution in [0.4, 0.5) is 5.69 Å². The summed E-state index contributed by atoms with van der Waals surface area (Å²) >= 11 is 0. The number of H-pyrrole nitrogens is 1. The first-order valence-electron chi connectivity index (χ1n) is 9.08. The third kappa shape index (κ3) is 2.84. The molecule has 4 rings (SSSR count). The highest BCUT2D eigenvalue weighted by molar-refractivity contribution is 6.25. The Bertz CT molecular complexity index is 1050. The first-order chi connectivity index (χ1) is 13.9. The number of ether oxygens (including phenoxy) is 3. The van der Waals surface area contributed by atoms with Gasteiger partial charge < -0.3 is 19.2 Å². The minimum absolute atomic E-state index is 0.0636. The smallest absolute Gasteiger partial charge is 0.204 e. The first kappa shape index (κ1) is 18.9. The van der Waals surface area contributed by atoms with E-state index in [1.165, 1.54) is 7.11 Å². The number of anilines is 1. The average Bonchev–Trinajstić information content (AvgIpc) is 3.24. The number of hydrogen-bond acceptors (Lipinski definition) is 6. The van der Waals surface area contributed by atoms with Crippen LogP contribution in [0.15, 0.2) is 42.5 Å². The van der Waals surface area contributed by atoms with Crippen LogP contribution in [-0.4, -0.2) is 48.6 Å². The second-order valence-corrected chi connectivity index (χ2v) is 6.91. The summed E-state index contributed by atoms with van der Waals surface area (Å²) in [7, 11) is 4.55. The molecule has 2 heterocycles. The van der Waals surface area contributed by atoms with Gasteiger partial charge in [0.2, 0.25) is 11.5 Å². The summed E-state index contributed by atoms with van der Waals surface area (Å²) in [6.07, 6.45) is 0. The average molecular weight is 394 g/mol. The molecule has 3 aromatic rings. The van der Waals surface area contributed by atoms with Gasteiger partial charge in [-0.25, -0.2) is 4.98 Å². The Hall–Kier alpha value is -3.39. The predicted molar refractivity (Wildman–Crippen MR) is 109 cm³/mol. The van der Waals surface area contributed by atoms with Gasteiger partial charge >= 0.3 is 0 Å². The van der Waals surface area contributed by atoms with E-state index in [0.717, 1.165) is 11.0 Å². The summed E-state index contributed by atoms with van der Waals surface area (Å²) in [5.74, 6) is 0.418. The molecule has 2 unspecified atom stereocenters. The van der Waals surface area contributed by atoms with Gasteiger partial charge in [-0.1, -0.05) is 12.1 Å². The lowest BCUT2D eigenvalue weighted by molar-refractivity contribution is -0.135. The number of aromatic amines is 1. The van der Waals surface area contributed by atoms with Crippen molar-refractivity contribution < 1.29 is 19.0 Å². The maximum atomic E-state index is 13.4. The second-order valence-electron chi connectivity index (χ2n) is 6.91. The molecule has 1 aliphatic heterocycles. The fourth-order valence-corrected chi connectivity index (χ4v) is 3.72. The Labute approximate surface area is 167 Å². The number of para-hydroxylation sites is 2. The topological polar surface area (TPSA) is 101 Å². The number of Topliss-reactive ketones (excluding diaryl/α,β-unsaturated/α-hetero) is 1. The van der Waals surface area contributed by atoms with Crippen LogP contribution in [0.2, 0.25) is 0 Å². The third-order valence-corrected chi connectivity index (χ3v) is 5.33. The molecule has 1 aromatic heterocycles. The lowest BCUT2D eigenvalue weighted by atomic mass is 10.0. The maximum absolute atomic E-state index is 13.4. The number of fused-ring (bicyclic) bond motifs is 1. The van der Waals surface area contributed by atoms with Gasteiger partial charge in [-0.3, -0.25) is 15.1 Å². The molecule has 2 aromatic carbocycles. The molecule has 0 aliphatic carbocycles. The molecule has 0 amide bonds. The number of benzene rings is 2. The SMILES string of the molecule is COc1cc(OC)cc(N2C(=N)C(c3nc4ccccc4[nH]3)C(=O)C2(C)OC)c1. The Morgan fingerprint density at radius 1 is 1.10 bits per heavy atom. The number of carbonyl (C=O) groups is 1. The monoisotopic (exact) mass is 394 g/mol. The number of aromatic nitrogens is 2. The van der Waals surface area contributed by atoms with Crippen molar-refractivity contribution in [2.24, 2.45) is 0 Å². The van der Waals surface area contributed by atoms with Crippen molar-refractivity contribution in [3.8, 4) is 11.5 Å². The van der Waals surface area contributed by atoms with E-state index in [1.807, 2.05) is 24.3 Å². The van der Waals surface area contributed by atoms with Gasteiger partial charge in [0.1, 0.15) is 29.1 Å². The fraction of sp³-hybridized carbons (Fsp3) is 0.286. The van der Waals surface area contributed by atoms with E-state index in [1.54, 1.807) is 44.2 Å². The highest BCUT2D eigenvalue weighted by Crippen LogP contribution is 2.42. The van der Waals surface area contributed by atoms with E-state index in [9.17, 15) is 4.79 Å². The molecule has 0 spiro atoms. The van der Waals surface area contributed by atoms with Crippen molar-refractivity contribution in [1.82, 2.24) is 9.97 Å². The van der Waals surface area contributed by atoms with Gasteiger partial charge in [0, 0.05) is 25.3 Å². The quantitative estimate of drug-likeness (QED) is 0.690. The zero-order valence-corrected chi connectivity index (χ0v) is 16.6. The lowest BCUT2D eigenvalue weighted by Gasteiger charge is -2.33. The Kier molecular flexibility index (Phi) is 4.50. The summed E-state index contributed by atoms with van der Waals surface area (Å²) in [6, 6.07) is 12.7. The molecular weight excluding hydrogens is 372 g/mol. The summed E-state index contributed by atoms with van der Waals surface area (Å²) in [4.78, 5) is 22.7. The van der Waals surface area contributed by atoms with Crippen LogP contribution in [0.1, 0.15) is 18.7 Å². The van der Waals surface area contributed by atoms with E-state index in [-0.39, 0.29) is 11.6 Å². The number of imidazole rings is 1. The molecule has 1 saturated heterocycles. The first-order valence-corrected chi connectivity index (χ1v) is 9.08. The number of rotatable bonds is 5. The van der Waals surface area contributed by atoms with Crippen molar-refractivity contribution in [3.63, 3.8) is 0 Å². The highest BCUT2D eigenvalue weighted by Gasteiger charge is 2.56. The number of ketones is 1. The normalized spacial score (nSPS) is 21.8. The van der Waals surface area contributed by atoms with E-state index in [2.05, 4.69) is 9.97 Å². The summed E-state index contributed by atoms with van der Waals surface area (Å²) in [5.41, 5.74) is 0.730. The van der Waals surface area contributed by atoms with Crippen LogP contribution >= 0.6 is 0 Å². The van der Waals surface area contributed by atoms with Gasteiger partial charge in [-0.05, 0) is 19.1 Å². The van der Waals surface area contributed by atoms with Crippen LogP contribution in [0, 0.1) is 5.41 Å². The number of hydrogen-bond donors (Lipinski definition) is 2. The molecule has 1 aliphatic rings. The molecule has 2 atom stereocenters. The molecule has 0 radical (unpaired) electrons. The van der Waals surface area contributed by atoms with Crippen molar-refractivity contribution >= 4 is 28.3 Å². The van der Waals surface area contributed by atoms with Gasteiger partial charge in [0.05, 0.1) is 30.9 Å². The number of methoxy groups -OCH3 is 3. The van der Waals surface area contributed by atoms with Gasteiger partial charge in [-0.2, -0.15) is 0 Å². The predicted octanol–water partition coefficient (Wildman–Crippen LogP) is 3.09. The number of carbonyl (C=O) groups excluding carboxylic acids is 1. The van der Waals surface area contributed by atoms with Crippen molar-refractivity contribution in [1.29, 1.82) is 5.41 Å². The van der Waals surface area contributed by atoms with E-state index >= 15 is 0 Å². The van der Waals surface area contributed by atoms with Gasteiger partial charge in [0.25, 0.3) is 0 Å². The number of nitrogens with zero attached hydrogens (tertiary/aromatic N) is 2. The molecule has 1 fully saturated rings. The van der Waals surface area contributed by atoms with Crippen LogP contribution in [0.3, 0.4) is 0 Å². The van der Waals surface area contributed by atoms with Crippen LogP contribution in [0.25, 0.3) is 11.0 Å². The molecule has 29 heavy (non-hydrogen) atoms. The minimum Gasteiger partial charge on any atom is -0.497 e. The summed E-state index contributed by atoms with van der Waals surface area (Å²) in [5, 5.41) is 8.84.